The zero-order valence-corrected chi connectivity index (χ0v) is 15.2. The van der Waals surface area contributed by atoms with E-state index in [-0.39, 0.29) is 5.91 Å². The first-order chi connectivity index (χ1) is 13.0. The van der Waals surface area contributed by atoms with Crippen molar-refractivity contribution in [3.8, 4) is 0 Å². The molecule has 1 unspecified atom stereocenters. The normalized spacial score (nSPS) is 20.2. The van der Waals surface area contributed by atoms with Crippen molar-refractivity contribution >= 4 is 22.8 Å². The summed E-state index contributed by atoms with van der Waals surface area (Å²) in [5.41, 5.74) is -0.176. The van der Waals surface area contributed by atoms with Crippen LogP contribution in [0.15, 0.2) is 42.5 Å². The Balaban J connectivity index is 1.63. The average molecular weight is 368 g/mol. The Bertz CT molecular complexity index is 869. The van der Waals surface area contributed by atoms with E-state index in [0.717, 1.165) is 22.8 Å². The van der Waals surface area contributed by atoms with E-state index in [1.807, 2.05) is 42.5 Å². The minimum atomic E-state index is -1.01. The maximum atomic E-state index is 13.4. The molecule has 2 aliphatic rings. The van der Waals surface area contributed by atoms with Crippen molar-refractivity contribution in [1.82, 2.24) is 9.80 Å². The second kappa shape index (κ2) is 6.85. The Kier molecular flexibility index (Phi) is 4.52. The molecule has 2 fully saturated rings. The minimum absolute atomic E-state index is 0.0995. The van der Waals surface area contributed by atoms with Crippen LogP contribution in [0.2, 0.25) is 0 Å². The molecule has 1 saturated carbocycles. The van der Waals surface area contributed by atoms with Gasteiger partial charge < -0.3 is 20.0 Å². The smallest absolute Gasteiger partial charge is 0.407 e. The highest BCUT2D eigenvalue weighted by Gasteiger charge is 2.48. The summed E-state index contributed by atoms with van der Waals surface area (Å²) in [6, 6.07) is 13.9. The van der Waals surface area contributed by atoms with Gasteiger partial charge in [0.05, 0.1) is 11.5 Å². The highest BCUT2D eigenvalue weighted by atomic mass is 16.4. The van der Waals surface area contributed by atoms with E-state index in [1.165, 1.54) is 4.90 Å². The van der Waals surface area contributed by atoms with Crippen molar-refractivity contribution in [2.45, 2.75) is 30.8 Å². The first-order valence-corrected chi connectivity index (χ1v) is 9.46. The standard InChI is InChI=1S/C21H24N2O4/c24-19(22-10-12-23(13-11-22)20(25)26)18(21(27)8-3-9-21)17-7-6-15-4-1-2-5-16(15)14-17/h1-2,4-7,14,18,27H,3,8-13H2,(H,25,26). The fourth-order valence-electron chi connectivity index (χ4n) is 4.20. The molecule has 1 aliphatic heterocycles. The van der Waals surface area contributed by atoms with Gasteiger partial charge in [0.2, 0.25) is 5.91 Å². The summed E-state index contributed by atoms with van der Waals surface area (Å²) in [7, 11) is 0. The first kappa shape index (κ1) is 17.8. The fraction of sp³-hybridized carbons (Fsp3) is 0.429. The number of carbonyl (C=O) groups excluding carboxylic acids is 1. The van der Waals surface area contributed by atoms with E-state index in [0.29, 0.717) is 39.0 Å². The molecule has 142 valence electrons. The summed E-state index contributed by atoms with van der Waals surface area (Å²) in [5.74, 6) is -0.704. The van der Waals surface area contributed by atoms with Gasteiger partial charge in [-0.15, -0.1) is 0 Å². The van der Waals surface area contributed by atoms with Gasteiger partial charge in [-0.2, -0.15) is 0 Å². The van der Waals surface area contributed by atoms with Crippen molar-refractivity contribution in [1.29, 1.82) is 0 Å². The predicted octanol–water partition coefficient (Wildman–Crippen LogP) is 2.66. The molecule has 4 rings (SSSR count). The second-order valence-electron chi connectivity index (χ2n) is 7.59. The van der Waals surface area contributed by atoms with E-state index < -0.39 is 17.6 Å². The minimum Gasteiger partial charge on any atom is -0.465 e. The molecular formula is C21H24N2O4. The Morgan fingerprint density at radius 2 is 1.56 bits per heavy atom. The third-order valence-corrected chi connectivity index (χ3v) is 5.97. The highest BCUT2D eigenvalue weighted by molar-refractivity contribution is 5.89. The highest BCUT2D eigenvalue weighted by Crippen LogP contribution is 2.45. The van der Waals surface area contributed by atoms with Crippen molar-refractivity contribution in [3.63, 3.8) is 0 Å². The van der Waals surface area contributed by atoms with Gasteiger partial charge in [-0.05, 0) is 35.6 Å². The average Bonchev–Trinajstić information content (AvgIpc) is 2.66. The summed E-state index contributed by atoms with van der Waals surface area (Å²) in [6.45, 7) is 1.35. The van der Waals surface area contributed by atoms with Gasteiger partial charge >= 0.3 is 6.09 Å². The molecule has 0 aromatic heterocycles. The molecule has 1 heterocycles. The first-order valence-electron chi connectivity index (χ1n) is 9.46. The number of carboxylic acid groups (broad SMARTS) is 1. The van der Waals surface area contributed by atoms with Crippen LogP contribution in [0.1, 0.15) is 30.7 Å². The van der Waals surface area contributed by atoms with Crippen molar-refractivity contribution in [3.05, 3.63) is 48.0 Å². The van der Waals surface area contributed by atoms with Gasteiger partial charge in [0.25, 0.3) is 0 Å². The largest absolute Gasteiger partial charge is 0.465 e. The Morgan fingerprint density at radius 3 is 2.15 bits per heavy atom. The van der Waals surface area contributed by atoms with Crippen LogP contribution < -0.4 is 0 Å². The molecule has 2 amide bonds. The van der Waals surface area contributed by atoms with Crippen LogP contribution in [0.5, 0.6) is 0 Å². The number of hydrogen-bond donors (Lipinski definition) is 2. The third-order valence-electron chi connectivity index (χ3n) is 5.97. The molecule has 1 aliphatic carbocycles. The molecule has 6 nitrogen and oxygen atoms in total. The van der Waals surface area contributed by atoms with Gasteiger partial charge in [-0.25, -0.2) is 4.79 Å². The zero-order chi connectivity index (χ0) is 19.0. The molecule has 0 radical (unpaired) electrons. The lowest BCUT2D eigenvalue weighted by atomic mass is 9.68. The summed E-state index contributed by atoms with van der Waals surface area (Å²) < 4.78 is 0. The third kappa shape index (κ3) is 3.25. The summed E-state index contributed by atoms with van der Waals surface area (Å²) >= 11 is 0. The fourth-order valence-corrected chi connectivity index (χ4v) is 4.20. The topological polar surface area (TPSA) is 81.1 Å². The quantitative estimate of drug-likeness (QED) is 0.873. The number of carbonyl (C=O) groups is 2. The van der Waals surface area contributed by atoms with Crippen LogP contribution in [-0.4, -0.2) is 63.8 Å². The number of piperazine rings is 1. The molecule has 27 heavy (non-hydrogen) atoms. The van der Waals surface area contributed by atoms with E-state index in [2.05, 4.69) is 0 Å². The molecule has 0 bridgehead atoms. The van der Waals surface area contributed by atoms with Crippen LogP contribution in [0, 0.1) is 0 Å². The van der Waals surface area contributed by atoms with E-state index in [1.54, 1.807) is 4.90 Å². The van der Waals surface area contributed by atoms with Crippen LogP contribution >= 0.6 is 0 Å². The van der Waals surface area contributed by atoms with Crippen LogP contribution in [0.3, 0.4) is 0 Å². The molecule has 6 heteroatoms. The lowest BCUT2D eigenvalue weighted by Gasteiger charge is -2.45. The van der Waals surface area contributed by atoms with Crippen LogP contribution in [-0.2, 0) is 4.79 Å². The van der Waals surface area contributed by atoms with Gasteiger partial charge in [-0.1, -0.05) is 42.5 Å². The maximum absolute atomic E-state index is 13.4. The van der Waals surface area contributed by atoms with Crippen molar-refractivity contribution in [2.75, 3.05) is 26.2 Å². The van der Waals surface area contributed by atoms with Gasteiger partial charge in [-0.3, -0.25) is 4.79 Å². The van der Waals surface area contributed by atoms with E-state index in [9.17, 15) is 14.7 Å². The molecule has 1 atom stereocenters. The summed E-state index contributed by atoms with van der Waals surface area (Å²) in [6.07, 6.45) is 1.20. The van der Waals surface area contributed by atoms with Crippen molar-refractivity contribution in [2.24, 2.45) is 0 Å². The molecule has 2 N–H and O–H groups in total. The number of amides is 2. The molecule has 2 aromatic rings. The molecular weight excluding hydrogens is 344 g/mol. The number of benzene rings is 2. The van der Waals surface area contributed by atoms with Crippen LogP contribution in [0.4, 0.5) is 4.79 Å². The lowest BCUT2D eigenvalue weighted by molar-refractivity contribution is -0.146. The van der Waals surface area contributed by atoms with Gasteiger partial charge in [0, 0.05) is 26.2 Å². The Morgan fingerprint density at radius 1 is 0.926 bits per heavy atom. The Labute approximate surface area is 158 Å². The van der Waals surface area contributed by atoms with Crippen LogP contribution in [0.25, 0.3) is 10.8 Å². The van der Waals surface area contributed by atoms with E-state index >= 15 is 0 Å². The predicted molar refractivity (Wildman–Crippen MR) is 102 cm³/mol. The zero-order valence-electron chi connectivity index (χ0n) is 15.2. The SMILES string of the molecule is O=C(O)N1CCN(C(=O)C(c2ccc3ccccc3c2)C2(O)CCC2)CC1. The molecule has 0 spiro atoms. The van der Waals surface area contributed by atoms with Gasteiger partial charge in [0.1, 0.15) is 0 Å². The Hall–Kier alpha value is -2.60. The summed E-state index contributed by atoms with van der Waals surface area (Å²) in [4.78, 5) is 27.5. The molecule has 2 aromatic carbocycles. The number of rotatable bonds is 3. The number of nitrogens with zero attached hydrogens (tertiary/aromatic N) is 2. The summed E-state index contributed by atoms with van der Waals surface area (Å²) in [5, 5.41) is 22.3. The van der Waals surface area contributed by atoms with Crippen molar-refractivity contribution < 1.29 is 19.8 Å². The number of hydrogen-bond acceptors (Lipinski definition) is 3. The number of fused-ring (bicyclic) bond motifs is 1. The maximum Gasteiger partial charge on any atom is 0.407 e. The number of aliphatic hydroxyl groups is 1. The second-order valence-corrected chi connectivity index (χ2v) is 7.59. The van der Waals surface area contributed by atoms with Gasteiger partial charge in [0.15, 0.2) is 0 Å². The van der Waals surface area contributed by atoms with E-state index in [4.69, 9.17) is 5.11 Å². The monoisotopic (exact) mass is 368 g/mol. The molecule has 1 saturated heterocycles. The lowest BCUT2D eigenvalue weighted by Crippen LogP contribution is -2.55.